The molecule has 0 saturated carbocycles. The number of hydrogen-bond acceptors (Lipinski definition) is 4. The Kier molecular flexibility index (Phi) is 4.43. The van der Waals surface area contributed by atoms with E-state index in [2.05, 4.69) is 0 Å². The molecule has 3 atom stereocenters. The molecular weight excluding hydrogens is 162 g/mol. The maximum atomic E-state index is 11.6. The maximum Gasteiger partial charge on any atom is 0.266 e. The van der Waals surface area contributed by atoms with Gasteiger partial charge in [0.25, 0.3) is 6.43 Å². The summed E-state index contributed by atoms with van der Waals surface area (Å²) in [6, 6.07) is 0. The van der Waals surface area contributed by atoms with Crippen LogP contribution in [0.1, 0.15) is 0 Å². The van der Waals surface area contributed by atoms with Crippen molar-refractivity contribution in [2.24, 2.45) is 0 Å². The molecule has 0 bridgehead atoms. The molecule has 4 nitrogen and oxygen atoms in total. The smallest absolute Gasteiger partial charge is 0.266 e. The van der Waals surface area contributed by atoms with Gasteiger partial charge >= 0.3 is 0 Å². The minimum atomic E-state index is -3.13. The first kappa shape index (κ1) is 10.7. The third-order valence-corrected chi connectivity index (χ3v) is 1.19. The highest BCUT2D eigenvalue weighted by Crippen LogP contribution is 2.08. The molecule has 4 N–H and O–H groups in total. The van der Waals surface area contributed by atoms with Crippen LogP contribution in [0, 0.1) is 0 Å². The Labute approximate surface area is 61.7 Å². The summed E-state index contributed by atoms with van der Waals surface area (Å²) in [5.74, 6) is 0. The van der Waals surface area contributed by atoms with Gasteiger partial charge in [0.1, 0.15) is 18.3 Å². The van der Waals surface area contributed by atoms with Crippen LogP contribution < -0.4 is 0 Å². The lowest BCUT2D eigenvalue weighted by Gasteiger charge is -2.20. The van der Waals surface area contributed by atoms with Gasteiger partial charge in [-0.15, -0.1) is 0 Å². The van der Waals surface area contributed by atoms with E-state index in [4.69, 9.17) is 20.4 Å². The first-order chi connectivity index (χ1) is 5.00. The summed E-state index contributed by atoms with van der Waals surface area (Å²) in [6.07, 6.45) is -9.21. The average molecular weight is 172 g/mol. The molecule has 68 valence electrons. The zero-order valence-corrected chi connectivity index (χ0v) is 5.56. The molecule has 0 saturated heterocycles. The van der Waals surface area contributed by atoms with Crippen molar-refractivity contribution < 1.29 is 29.2 Å². The van der Waals surface area contributed by atoms with Crippen LogP contribution in [0.5, 0.6) is 0 Å². The van der Waals surface area contributed by atoms with Crippen LogP contribution in [-0.4, -0.2) is 51.8 Å². The molecule has 0 aromatic rings. The van der Waals surface area contributed by atoms with E-state index in [1.807, 2.05) is 0 Å². The van der Waals surface area contributed by atoms with Gasteiger partial charge in [0, 0.05) is 0 Å². The second kappa shape index (κ2) is 4.55. The Bertz CT molecular complexity index is 111. The maximum absolute atomic E-state index is 11.6. The first-order valence-corrected chi connectivity index (χ1v) is 2.94. The van der Waals surface area contributed by atoms with Crippen LogP contribution in [0.4, 0.5) is 8.78 Å². The molecule has 0 radical (unpaired) electrons. The Hall–Kier alpha value is -0.300. The van der Waals surface area contributed by atoms with Crippen molar-refractivity contribution in [2.45, 2.75) is 24.7 Å². The lowest BCUT2D eigenvalue weighted by molar-refractivity contribution is -0.125. The topological polar surface area (TPSA) is 80.9 Å². The number of halogens is 2. The highest BCUT2D eigenvalue weighted by molar-refractivity contribution is 4.75. The molecule has 0 aliphatic carbocycles. The van der Waals surface area contributed by atoms with Crippen LogP contribution >= 0.6 is 0 Å². The van der Waals surface area contributed by atoms with Crippen LogP contribution in [0.3, 0.4) is 0 Å². The third-order valence-electron chi connectivity index (χ3n) is 1.19. The van der Waals surface area contributed by atoms with Crippen molar-refractivity contribution in [1.82, 2.24) is 0 Å². The molecule has 0 aliphatic rings. The summed E-state index contributed by atoms with van der Waals surface area (Å²) >= 11 is 0. The summed E-state index contributed by atoms with van der Waals surface area (Å²) < 4.78 is 23.1. The molecule has 0 aromatic heterocycles. The van der Waals surface area contributed by atoms with Gasteiger partial charge in [0.15, 0.2) is 0 Å². The van der Waals surface area contributed by atoms with Gasteiger partial charge in [-0.3, -0.25) is 0 Å². The molecule has 0 rings (SSSR count). The SMILES string of the molecule is OC[C@@H](O)[C@@H](O)[C@@H](O)C(F)F. The fraction of sp³-hybridized carbons (Fsp3) is 1.00. The van der Waals surface area contributed by atoms with Crippen LogP contribution in [-0.2, 0) is 0 Å². The summed E-state index contributed by atoms with van der Waals surface area (Å²) in [4.78, 5) is 0. The number of aliphatic hydroxyl groups excluding tert-OH is 4. The molecule has 11 heavy (non-hydrogen) atoms. The van der Waals surface area contributed by atoms with E-state index >= 15 is 0 Å². The van der Waals surface area contributed by atoms with Gasteiger partial charge in [-0.1, -0.05) is 0 Å². The minimum absolute atomic E-state index is 0.870. The molecular formula is C5H10F2O4. The second-order valence-electron chi connectivity index (χ2n) is 2.07. The molecule has 0 unspecified atom stereocenters. The second-order valence-corrected chi connectivity index (χ2v) is 2.07. The predicted octanol–water partition coefficient (Wildman–Crippen LogP) is -1.67. The molecule has 0 amide bonds. The van der Waals surface area contributed by atoms with Crippen molar-refractivity contribution in [3.8, 4) is 0 Å². The number of rotatable bonds is 4. The lowest BCUT2D eigenvalue weighted by atomic mass is 10.1. The summed E-state index contributed by atoms with van der Waals surface area (Å²) in [6.45, 7) is -0.870. The monoisotopic (exact) mass is 172 g/mol. The highest BCUT2D eigenvalue weighted by Gasteiger charge is 2.30. The van der Waals surface area contributed by atoms with E-state index in [0.717, 1.165) is 0 Å². The first-order valence-electron chi connectivity index (χ1n) is 2.94. The summed E-state index contributed by atoms with van der Waals surface area (Å²) in [5.41, 5.74) is 0. The van der Waals surface area contributed by atoms with E-state index in [-0.39, 0.29) is 0 Å². The number of alkyl halides is 2. The lowest BCUT2D eigenvalue weighted by Crippen LogP contribution is -2.43. The van der Waals surface area contributed by atoms with Crippen molar-refractivity contribution in [3.63, 3.8) is 0 Å². The van der Waals surface area contributed by atoms with Gasteiger partial charge < -0.3 is 20.4 Å². The van der Waals surface area contributed by atoms with Gasteiger partial charge in [-0.2, -0.15) is 0 Å². The molecule has 6 heteroatoms. The fourth-order valence-corrected chi connectivity index (χ4v) is 0.485. The zero-order valence-electron chi connectivity index (χ0n) is 5.56. The Balaban J connectivity index is 3.90. The van der Waals surface area contributed by atoms with Crippen molar-refractivity contribution in [3.05, 3.63) is 0 Å². The largest absolute Gasteiger partial charge is 0.394 e. The third kappa shape index (κ3) is 3.06. The highest BCUT2D eigenvalue weighted by atomic mass is 19.3. The van der Waals surface area contributed by atoms with Crippen molar-refractivity contribution in [1.29, 1.82) is 0 Å². The van der Waals surface area contributed by atoms with E-state index in [9.17, 15) is 8.78 Å². The average Bonchev–Trinajstić information content (AvgIpc) is 2.00. The Morgan fingerprint density at radius 3 is 1.73 bits per heavy atom. The van der Waals surface area contributed by atoms with E-state index in [0.29, 0.717) is 0 Å². The molecule has 0 heterocycles. The predicted molar refractivity (Wildman–Crippen MR) is 31.1 cm³/mol. The van der Waals surface area contributed by atoms with Gasteiger partial charge in [-0.25, -0.2) is 8.78 Å². The van der Waals surface area contributed by atoms with Crippen molar-refractivity contribution >= 4 is 0 Å². The van der Waals surface area contributed by atoms with Gasteiger partial charge in [0.05, 0.1) is 6.61 Å². The standard InChI is InChI=1S/C5H10F2O4/c6-5(7)4(11)3(10)2(9)1-8/h2-5,8-11H,1H2/t2-,3-,4-/m1/s1. The van der Waals surface area contributed by atoms with Crippen LogP contribution in [0.25, 0.3) is 0 Å². The number of hydrogen-bond donors (Lipinski definition) is 4. The Morgan fingerprint density at radius 2 is 1.45 bits per heavy atom. The molecule has 0 aromatic carbocycles. The van der Waals surface area contributed by atoms with Crippen LogP contribution in [0.15, 0.2) is 0 Å². The Morgan fingerprint density at radius 1 is 1.00 bits per heavy atom. The minimum Gasteiger partial charge on any atom is -0.394 e. The van der Waals surface area contributed by atoms with E-state index < -0.39 is 31.3 Å². The number of aliphatic hydroxyl groups is 4. The zero-order chi connectivity index (χ0) is 9.02. The molecule has 0 fully saturated rings. The van der Waals surface area contributed by atoms with Gasteiger partial charge in [-0.05, 0) is 0 Å². The molecule has 0 spiro atoms. The van der Waals surface area contributed by atoms with E-state index in [1.54, 1.807) is 0 Å². The summed E-state index contributed by atoms with van der Waals surface area (Å²) in [5, 5.41) is 33.8. The quantitative estimate of drug-likeness (QED) is 0.408. The fourth-order valence-electron chi connectivity index (χ4n) is 0.485. The molecule has 0 aliphatic heterocycles. The van der Waals surface area contributed by atoms with E-state index in [1.165, 1.54) is 0 Å². The van der Waals surface area contributed by atoms with Gasteiger partial charge in [0.2, 0.25) is 0 Å². The van der Waals surface area contributed by atoms with Crippen molar-refractivity contribution in [2.75, 3.05) is 6.61 Å². The normalized spacial score (nSPS) is 19.9. The summed E-state index contributed by atoms with van der Waals surface area (Å²) in [7, 11) is 0. The van der Waals surface area contributed by atoms with Crippen LogP contribution in [0.2, 0.25) is 0 Å².